The van der Waals surface area contributed by atoms with Crippen LogP contribution in [-0.2, 0) is 14.0 Å². The van der Waals surface area contributed by atoms with Crippen LogP contribution in [0.25, 0.3) is 76.9 Å². The fourth-order valence-electron chi connectivity index (χ4n) is 16.7. The van der Waals surface area contributed by atoms with Crippen molar-refractivity contribution in [2.24, 2.45) is 22.7 Å². The summed E-state index contributed by atoms with van der Waals surface area (Å²) < 4.78 is 37.0. The molecule has 6 aliphatic heterocycles. The second kappa shape index (κ2) is 41.4. The Morgan fingerprint density at radius 2 is 0.961 bits per heavy atom. The summed E-state index contributed by atoms with van der Waals surface area (Å²) in [5, 5.41) is 5.94. The fourth-order valence-corrected chi connectivity index (χ4v) is 18.2. The third kappa shape index (κ3) is 23.2. The van der Waals surface area contributed by atoms with Gasteiger partial charge >= 0.3 is 13.2 Å². The topological polar surface area (TPSA) is 350 Å². The van der Waals surface area contributed by atoms with E-state index in [0.717, 1.165) is 179 Å². The molecule has 0 spiro atoms. The van der Waals surface area contributed by atoms with Crippen molar-refractivity contribution in [3.8, 4) is 11.1 Å². The minimum atomic E-state index is -0.396. The summed E-state index contributed by atoms with van der Waals surface area (Å²) in [7, 11) is 3.86. The number of likely N-dealkylation sites (tertiary alicyclic amines) is 3. The Labute approximate surface area is 776 Å². The van der Waals surface area contributed by atoms with Gasteiger partial charge in [0.2, 0.25) is 0 Å². The largest absolute Gasteiger partial charge is 0.494 e. The number of carbonyl (C=O) groups is 2. The van der Waals surface area contributed by atoms with E-state index in [-0.39, 0.29) is 80.9 Å². The Morgan fingerprint density at radius 3 is 1.51 bits per heavy atom. The van der Waals surface area contributed by atoms with Gasteiger partial charge in [-0.05, 0) is 304 Å². The molecule has 13 aromatic rings. The highest BCUT2D eigenvalue weighted by Gasteiger charge is 2.52. The number of amides is 1. The van der Waals surface area contributed by atoms with Gasteiger partial charge in [-0.15, -0.1) is 0 Å². The zero-order valence-electron chi connectivity index (χ0n) is 73.9. The van der Waals surface area contributed by atoms with E-state index in [1.807, 2.05) is 179 Å². The first-order chi connectivity index (χ1) is 61.2. The number of nitrogens with two attached hydrogens (primary N) is 2. The summed E-state index contributed by atoms with van der Waals surface area (Å²) in [4.78, 5) is 113. The van der Waals surface area contributed by atoms with Crippen LogP contribution >= 0.6 is 63.7 Å². The summed E-state index contributed by atoms with van der Waals surface area (Å²) in [6, 6.07) is 40.7. The van der Waals surface area contributed by atoms with Crippen LogP contribution in [0.1, 0.15) is 167 Å². The minimum absolute atomic E-state index is 0.0214. The van der Waals surface area contributed by atoms with E-state index in [4.69, 9.17) is 34.3 Å². The van der Waals surface area contributed by atoms with Crippen LogP contribution in [0.4, 0.5) is 22.5 Å². The first kappa shape index (κ1) is 94.2. The number of Topliss-reactive ketones (excluding diaryl/α,β-unsaturated/α-hetero) is 1. The number of aromatic nitrogens is 10. The normalized spacial score (nSPS) is 18.3. The predicted octanol–water partition coefficient (Wildman–Crippen LogP) is 18.2. The summed E-state index contributed by atoms with van der Waals surface area (Å²) in [5.41, 5.74) is 20.2. The Balaban J connectivity index is 0.000000123. The van der Waals surface area contributed by atoms with E-state index >= 15 is 0 Å². The number of oxazole rings is 2. The number of benzene rings is 7. The lowest BCUT2D eigenvalue weighted by Crippen LogP contribution is -2.41. The van der Waals surface area contributed by atoms with E-state index in [9.17, 15) is 28.8 Å². The van der Waals surface area contributed by atoms with Gasteiger partial charge in [-0.2, -0.15) is 9.97 Å². The lowest BCUT2D eigenvalue weighted by molar-refractivity contribution is 0.00578. The summed E-state index contributed by atoms with van der Waals surface area (Å²) in [5.74, 6) is 1.39. The molecule has 33 heteroatoms. The Morgan fingerprint density at radius 1 is 0.508 bits per heavy atom. The molecule has 5 saturated heterocycles. The lowest BCUT2D eigenvalue weighted by Gasteiger charge is -2.33. The van der Waals surface area contributed by atoms with Crippen molar-refractivity contribution in [2.75, 3.05) is 77.9 Å². The standard InChI is InChI=1S/C21H21N5O2.C15H17BrN2O.C14H15BrN2O.C13H17BN2O3.C13H14BrN3O.C11H21NO2.C8H5BrN2O/c1-25-8-6-15(7-9-25)26-12-23-17-4-2-13(10-16(17)20(26)27)14-3-5-19-18(11-14)24-21(22)28-19;1-18-6-4-10(5-7-18)13-9-17-14-3-2-11(16)8-12(14)15(13)19;15-10-6-7-13-12(8-10)14(18)17(9-16-13)11-4-2-1-3-5-11;1-12(2)13(3,4)19-14(18-12)8-5-6-10-9(7-8)16-11(15)17-10;14-9-1-2-12-11(7-9)13(18)17(8-16-12)10-3-5-15-6-4-10;1-9-5-7-12(8-6-9)10(13)14-11(2,3)4;9-5-1-2-7-6(3-5)8(12)11-4-10-7/h2-5,10-12,15H,6-9H2,1H3,(H2,22,24);2-3,8-10,13H,4-7H2,1H3;6-9,11H,1-5H2;5-7H,1-4H3,(H2,15,16);1-2,7-8,10,15H,3-6H2;9H,5-8H2,1-4H3;1-4H,(H,10,11,12). The van der Waals surface area contributed by atoms with Gasteiger partial charge in [0.05, 0.1) is 91.7 Å². The maximum Gasteiger partial charge on any atom is 0.494 e. The van der Waals surface area contributed by atoms with Crippen LogP contribution in [0.3, 0.4) is 0 Å². The number of halogens is 4. The van der Waals surface area contributed by atoms with Gasteiger partial charge in [-0.25, -0.2) is 24.7 Å². The second-order valence-electron chi connectivity index (χ2n) is 35.8. The van der Waals surface area contributed by atoms with Crippen LogP contribution in [0.5, 0.6) is 0 Å². The number of hydrogen-bond acceptors (Lipinski definition) is 23. The number of H-pyrrole nitrogens is 1. The number of nitrogens with zero attached hydrogens (tertiary/aromatic N) is 13. The zero-order valence-corrected chi connectivity index (χ0v) is 80.2. The molecule has 6 fully saturated rings. The van der Waals surface area contributed by atoms with Gasteiger partial charge in [0.15, 0.2) is 16.9 Å². The molecule has 12 heterocycles. The van der Waals surface area contributed by atoms with Crippen molar-refractivity contribution >= 4 is 178 Å². The van der Waals surface area contributed by atoms with E-state index in [0.29, 0.717) is 66.7 Å². The van der Waals surface area contributed by atoms with Crippen molar-refractivity contribution in [3.05, 3.63) is 218 Å². The Bertz CT molecular complexity index is 6300. The molecule has 128 heavy (non-hydrogen) atoms. The molecular weight excluding hydrogens is 1890 g/mol. The maximum absolute atomic E-state index is 13.2. The number of nitrogen functional groups attached to an aromatic ring is 2. The molecular formula is C95H110BBr4N17O11. The molecule has 1 aliphatic carbocycles. The maximum atomic E-state index is 13.2. The number of ketones is 1. The highest BCUT2D eigenvalue weighted by Crippen LogP contribution is 2.39. The number of aromatic amines is 1. The fraction of sp³-hybridized carbons (Fsp3) is 0.421. The molecule has 7 aliphatic rings. The second-order valence-corrected chi connectivity index (χ2v) is 39.5. The van der Waals surface area contributed by atoms with Crippen LogP contribution in [0, 0.1) is 17.8 Å². The molecule has 28 nitrogen and oxygen atoms in total. The van der Waals surface area contributed by atoms with Crippen LogP contribution in [-0.4, -0.2) is 172 Å². The predicted molar refractivity (Wildman–Crippen MR) is 521 cm³/mol. The monoisotopic (exact) mass is 1990 g/mol. The first-order valence-corrected chi connectivity index (χ1v) is 46.9. The Hall–Kier alpha value is -9.97. The number of ether oxygens (including phenoxy) is 1. The molecule has 1 amide bonds. The molecule has 0 radical (unpaired) electrons. The van der Waals surface area contributed by atoms with Crippen molar-refractivity contribution in [2.45, 2.75) is 174 Å². The zero-order chi connectivity index (χ0) is 90.9. The number of anilines is 2. The number of carbonyl (C=O) groups excluding carboxylic acids is 2. The van der Waals surface area contributed by atoms with Crippen LogP contribution in [0.15, 0.2) is 204 Å². The van der Waals surface area contributed by atoms with E-state index in [2.05, 4.69) is 140 Å². The van der Waals surface area contributed by atoms with Gasteiger partial charge in [0.1, 0.15) is 16.6 Å². The number of rotatable bonds is 6. The highest BCUT2D eigenvalue weighted by atomic mass is 79.9. The number of aliphatic imine (C=N–C) groups is 1. The quantitative estimate of drug-likeness (QED) is 0.112. The molecule has 20 rings (SSSR count). The molecule has 6 N–H and O–H groups in total. The molecule has 1 atom stereocenters. The number of hydrogen-bond donors (Lipinski definition) is 4. The lowest BCUT2D eigenvalue weighted by atomic mass is 9.79. The molecule has 672 valence electrons. The van der Waals surface area contributed by atoms with Gasteiger partial charge < -0.3 is 59.3 Å². The third-order valence-electron chi connectivity index (χ3n) is 24.9. The van der Waals surface area contributed by atoms with Gasteiger partial charge in [0, 0.05) is 60.9 Å². The summed E-state index contributed by atoms with van der Waals surface area (Å²) in [6.07, 6.45) is 22.4. The van der Waals surface area contributed by atoms with Crippen LogP contribution < -0.4 is 44.5 Å². The van der Waals surface area contributed by atoms with Gasteiger partial charge in [-0.3, -0.25) is 42.7 Å². The SMILES string of the molecule is CC1(C)OB(c2ccc3oc(N)nc3c2)OC1(C)C.CC1CCN(C(=O)OC(C)(C)C)CC1.CN1CCC(C2C=Nc3ccc(Br)cc3C2=O)CC1.CN1CCC(n2cnc3ccc(-c4ccc5oc(N)nc5c4)cc3c2=O)CC1.O=c1[nH]cnc2ccc(Br)cc12.O=c1c2cc(Br)ccc2ncn1C1CCCCC1.O=c1c2cc(Br)ccc2ncn1C1CCNCC1. The number of nitrogens with one attached hydrogen (secondary N) is 2. The van der Waals surface area contributed by atoms with Crippen molar-refractivity contribution < 1.29 is 32.5 Å². The van der Waals surface area contributed by atoms with E-state index in [1.165, 1.54) is 25.6 Å². The van der Waals surface area contributed by atoms with E-state index in [1.54, 1.807) is 40.2 Å². The Kier molecular flexibility index (Phi) is 30.5. The number of fused-ring (bicyclic) bond motifs is 7. The average Bonchev–Trinajstić information content (AvgIpc) is 1.59. The molecule has 0 bridgehead atoms. The van der Waals surface area contributed by atoms with Crippen molar-refractivity contribution in [3.63, 3.8) is 0 Å². The highest BCUT2D eigenvalue weighted by molar-refractivity contribution is 9.11. The van der Waals surface area contributed by atoms with Crippen molar-refractivity contribution in [1.29, 1.82) is 0 Å². The molecule has 6 aromatic heterocycles. The molecule has 7 aromatic carbocycles. The average molecular weight is 2000 g/mol. The first-order valence-electron chi connectivity index (χ1n) is 43.8. The molecule has 1 saturated carbocycles. The van der Waals surface area contributed by atoms with E-state index < -0.39 is 7.12 Å². The number of piperidine rings is 4. The van der Waals surface area contributed by atoms with Gasteiger partial charge in [-0.1, -0.05) is 108 Å². The third-order valence-corrected chi connectivity index (χ3v) is 26.9. The molecule has 1 unspecified atom stereocenters. The summed E-state index contributed by atoms with van der Waals surface area (Å²) in [6.45, 7) is 23.8. The van der Waals surface area contributed by atoms with Crippen LogP contribution in [0.2, 0.25) is 0 Å². The van der Waals surface area contributed by atoms with Crippen molar-refractivity contribution in [1.82, 2.24) is 68.6 Å². The van der Waals surface area contributed by atoms with Gasteiger partial charge in [0.25, 0.3) is 34.3 Å². The minimum Gasteiger partial charge on any atom is -0.444 e. The summed E-state index contributed by atoms with van der Waals surface area (Å²) >= 11 is 13.5. The smallest absolute Gasteiger partial charge is 0.444 e.